The average molecular weight is 288 g/mol. The minimum atomic E-state index is 0.618. The van der Waals surface area contributed by atoms with Crippen molar-refractivity contribution in [3.8, 4) is 0 Å². The lowest BCUT2D eigenvalue weighted by Gasteiger charge is -2.19. The van der Waals surface area contributed by atoms with Gasteiger partial charge in [-0.25, -0.2) is 0 Å². The molecule has 84 valence electrons. The molecule has 2 rings (SSSR count). The van der Waals surface area contributed by atoms with Crippen LogP contribution in [0.25, 0.3) is 0 Å². The van der Waals surface area contributed by atoms with E-state index in [0.717, 1.165) is 12.5 Å². The largest absolute Gasteiger partial charge is 0.312 e. The van der Waals surface area contributed by atoms with Crippen LogP contribution in [0.2, 0.25) is 0 Å². The zero-order valence-corrected chi connectivity index (χ0v) is 11.7. The van der Waals surface area contributed by atoms with Gasteiger partial charge in [0.25, 0.3) is 0 Å². The van der Waals surface area contributed by atoms with E-state index in [0.29, 0.717) is 5.41 Å². The van der Waals surface area contributed by atoms with E-state index >= 15 is 0 Å². The molecule has 0 aromatic carbocycles. The fourth-order valence-corrected chi connectivity index (χ4v) is 3.22. The van der Waals surface area contributed by atoms with Gasteiger partial charge in [-0.3, -0.25) is 0 Å². The molecule has 0 saturated heterocycles. The van der Waals surface area contributed by atoms with Gasteiger partial charge < -0.3 is 5.32 Å². The maximum atomic E-state index is 3.58. The Kier molecular flexibility index (Phi) is 3.53. The maximum absolute atomic E-state index is 3.58. The standard InChI is InChI=1S/C12H18BrNS/c1-9(2)12(3-4-12)8-14-6-10-5-11(13)15-7-10/h5,7,9,14H,3-4,6,8H2,1-2H3. The molecular formula is C12H18BrNS. The fraction of sp³-hybridized carbons (Fsp3) is 0.667. The van der Waals surface area contributed by atoms with E-state index in [9.17, 15) is 0 Å². The van der Waals surface area contributed by atoms with Crippen LogP contribution in [0.3, 0.4) is 0 Å². The number of halogens is 1. The first-order valence-electron chi connectivity index (χ1n) is 5.56. The molecule has 1 nitrogen and oxygen atoms in total. The molecule has 1 N–H and O–H groups in total. The van der Waals surface area contributed by atoms with E-state index < -0.39 is 0 Å². The van der Waals surface area contributed by atoms with Crippen molar-refractivity contribution in [1.82, 2.24) is 5.32 Å². The van der Waals surface area contributed by atoms with E-state index in [4.69, 9.17) is 0 Å². The summed E-state index contributed by atoms with van der Waals surface area (Å²) in [5.41, 5.74) is 2.01. The van der Waals surface area contributed by atoms with Gasteiger partial charge in [0.1, 0.15) is 0 Å². The molecule has 0 spiro atoms. The predicted octanol–water partition coefficient (Wildman–Crippen LogP) is 4.04. The second kappa shape index (κ2) is 4.56. The second-order valence-electron chi connectivity index (χ2n) is 4.88. The molecule has 1 aliphatic carbocycles. The lowest BCUT2D eigenvalue weighted by Crippen LogP contribution is -2.27. The molecule has 1 saturated carbocycles. The third kappa shape index (κ3) is 2.83. The molecule has 1 aliphatic rings. The second-order valence-corrected chi connectivity index (χ2v) is 7.17. The molecule has 0 bridgehead atoms. The normalized spacial score (nSPS) is 18.4. The number of rotatable bonds is 5. The predicted molar refractivity (Wildman–Crippen MR) is 70.2 cm³/mol. The molecule has 0 unspecified atom stereocenters. The van der Waals surface area contributed by atoms with Gasteiger partial charge in [-0.2, -0.15) is 0 Å². The third-order valence-electron chi connectivity index (χ3n) is 3.54. The van der Waals surface area contributed by atoms with Crippen molar-refractivity contribution in [3.63, 3.8) is 0 Å². The van der Waals surface area contributed by atoms with Gasteiger partial charge in [0.15, 0.2) is 0 Å². The Morgan fingerprint density at radius 1 is 1.53 bits per heavy atom. The zero-order chi connectivity index (χ0) is 10.9. The lowest BCUT2D eigenvalue weighted by atomic mass is 9.92. The molecule has 0 atom stereocenters. The smallest absolute Gasteiger partial charge is 0.0701 e. The van der Waals surface area contributed by atoms with E-state index in [-0.39, 0.29) is 0 Å². The molecule has 0 amide bonds. The van der Waals surface area contributed by atoms with Crippen molar-refractivity contribution in [2.45, 2.75) is 33.2 Å². The van der Waals surface area contributed by atoms with Gasteiger partial charge in [0, 0.05) is 13.1 Å². The van der Waals surface area contributed by atoms with Crippen molar-refractivity contribution in [1.29, 1.82) is 0 Å². The highest BCUT2D eigenvalue weighted by Gasteiger charge is 2.44. The summed E-state index contributed by atoms with van der Waals surface area (Å²) >= 11 is 5.25. The molecule has 0 aliphatic heterocycles. The van der Waals surface area contributed by atoms with E-state index in [1.165, 1.54) is 28.7 Å². The Morgan fingerprint density at radius 3 is 2.73 bits per heavy atom. The van der Waals surface area contributed by atoms with Gasteiger partial charge >= 0.3 is 0 Å². The van der Waals surface area contributed by atoms with Crippen molar-refractivity contribution < 1.29 is 0 Å². The lowest BCUT2D eigenvalue weighted by molar-refractivity contribution is 0.338. The summed E-state index contributed by atoms with van der Waals surface area (Å²) < 4.78 is 1.23. The van der Waals surface area contributed by atoms with Crippen LogP contribution in [-0.4, -0.2) is 6.54 Å². The Hall–Kier alpha value is 0.140. The van der Waals surface area contributed by atoms with E-state index in [1.807, 2.05) is 0 Å². The Balaban J connectivity index is 1.76. The van der Waals surface area contributed by atoms with Crippen molar-refractivity contribution in [3.05, 3.63) is 20.8 Å². The van der Waals surface area contributed by atoms with Gasteiger partial charge in [0.2, 0.25) is 0 Å². The summed E-state index contributed by atoms with van der Waals surface area (Å²) in [6.07, 6.45) is 2.82. The molecule has 1 fully saturated rings. The van der Waals surface area contributed by atoms with Crippen LogP contribution in [0, 0.1) is 11.3 Å². The number of hydrogen-bond acceptors (Lipinski definition) is 2. The first-order chi connectivity index (χ1) is 7.12. The van der Waals surface area contributed by atoms with Gasteiger partial charge in [-0.15, -0.1) is 11.3 Å². The van der Waals surface area contributed by atoms with Gasteiger partial charge in [-0.05, 0) is 57.1 Å². The highest BCUT2D eigenvalue weighted by atomic mass is 79.9. The van der Waals surface area contributed by atoms with Crippen LogP contribution >= 0.6 is 27.3 Å². The zero-order valence-electron chi connectivity index (χ0n) is 9.35. The molecular weight excluding hydrogens is 270 g/mol. The minimum Gasteiger partial charge on any atom is -0.312 e. The van der Waals surface area contributed by atoms with Gasteiger partial charge in [0.05, 0.1) is 3.79 Å². The summed E-state index contributed by atoms with van der Waals surface area (Å²) in [7, 11) is 0. The first kappa shape index (κ1) is 11.6. The summed E-state index contributed by atoms with van der Waals surface area (Å²) in [4.78, 5) is 0. The first-order valence-corrected chi connectivity index (χ1v) is 7.23. The fourth-order valence-electron chi connectivity index (χ4n) is 2.01. The third-order valence-corrected chi connectivity index (χ3v) is 5.10. The van der Waals surface area contributed by atoms with Crippen molar-refractivity contribution in [2.24, 2.45) is 11.3 Å². The Morgan fingerprint density at radius 2 is 2.27 bits per heavy atom. The van der Waals surface area contributed by atoms with Crippen LogP contribution in [0.5, 0.6) is 0 Å². The molecule has 3 heteroatoms. The molecule has 15 heavy (non-hydrogen) atoms. The maximum Gasteiger partial charge on any atom is 0.0701 e. The summed E-state index contributed by atoms with van der Waals surface area (Å²) in [5, 5.41) is 5.80. The Labute approximate surface area is 104 Å². The number of hydrogen-bond donors (Lipinski definition) is 1. The summed E-state index contributed by atoms with van der Waals surface area (Å²) in [6, 6.07) is 2.20. The molecule has 0 radical (unpaired) electrons. The topological polar surface area (TPSA) is 12.0 Å². The van der Waals surface area contributed by atoms with Crippen molar-refractivity contribution in [2.75, 3.05) is 6.54 Å². The van der Waals surface area contributed by atoms with Crippen LogP contribution in [-0.2, 0) is 6.54 Å². The molecule has 1 aromatic rings. The SMILES string of the molecule is CC(C)C1(CNCc2csc(Br)c2)CC1. The van der Waals surface area contributed by atoms with E-state index in [1.54, 1.807) is 11.3 Å². The van der Waals surface area contributed by atoms with Crippen molar-refractivity contribution >= 4 is 27.3 Å². The van der Waals surface area contributed by atoms with Crippen LogP contribution < -0.4 is 5.32 Å². The molecule has 1 heterocycles. The number of thiophene rings is 1. The highest BCUT2D eigenvalue weighted by Crippen LogP contribution is 2.51. The Bertz CT molecular complexity index is 328. The number of nitrogens with one attached hydrogen (secondary N) is 1. The molecule has 1 aromatic heterocycles. The quantitative estimate of drug-likeness (QED) is 0.862. The summed E-state index contributed by atoms with van der Waals surface area (Å²) in [6.45, 7) is 6.88. The van der Waals surface area contributed by atoms with E-state index in [2.05, 4.69) is 46.5 Å². The summed E-state index contributed by atoms with van der Waals surface area (Å²) in [5.74, 6) is 0.819. The minimum absolute atomic E-state index is 0.618. The monoisotopic (exact) mass is 287 g/mol. The van der Waals surface area contributed by atoms with Crippen LogP contribution in [0.1, 0.15) is 32.3 Å². The van der Waals surface area contributed by atoms with Crippen LogP contribution in [0.15, 0.2) is 15.2 Å². The van der Waals surface area contributed by atoms with Crippen LogP contribution in [0.4, 0.5) is 0 Å². The average Bonchev–Trinajstić information content (AvgIpc) is 2.86. The highest BCUT2D eigenvalue weighted by molar-refractivity contribution is 9.11. The van der Waals surface area contributed by atoms with Gasteiger partial charge in [-0.1, -0.05) is 13.8 Å².